The lowest BCUT2D eigenvalue weighted by molar-refractivity contribution is 0.207. The summed E-state index contributed by atoms with van der Waals surface area (Å²) >= 11 is 0. The first-order valence-electron chi connectivity index (χ1n) is 9.96. The molecule has 1 aliphatic heterocycles. The monoisotopic (exact) mass is 433 g/mol. The standard InChI is InChI=1S/C20H27N5O4S/c1-3-5-16(22)17-9-19(26)24-20(23-17)15-8-14(6-7-18(15)29-4-2)30(27,28)25-11-13(10-21)12-25/h6-9,13,22H,3-5,10-12,21H2,1-2H3,(H,23,24,26). The van der Waals surface area contributed by atoms with Crippen molar-refractivity contribution in [2.45, 2.75) is 31.6 Å². The maximum atomic E-state index is 13.0. The maximum absolute atomic E-state index is 13.0. The number of nitrogens with one attached hydrogen (secondary N) is 2. The summed E-state index contributed by atoms with van der Waals surface area (Å²) in [7, 11) is -3.69. The minimum Gasteiger partial charge on any atom is -0.493 e. The largest absolute Gasteiger partial charge is 0.493 e. The molecule has 0 atom stereocenters. The zero-order chi connectivity index (χ0) is 21.9. The Labute approximate surface area is 175 Å². The molecule has 0 spiro atoms. The number of ether oxygens (including phenoxy) is 1. The van der Waals surface area contributed by atoms with Gasteiger partial charge in [0.25, 0.3) is 5.56 Å². The number of sulfonamides is 1. The Morgan fingerprint density at radius 2 is 2.07 bits per heavy atom. The highest BCUT2D eigenvalue weighted by molar-refractivity contribution is 7.89. The van der Waals surface area contributed by atoms with Crippen molar-refractivity contribution in [2.24, 2.45) is 11.7 Å². The Morgan fingerprint density at radius 3 is 2.70 bits per heavy atom. The van der Waals surface area contributed by atoms with Crippen LogP contribution < -0.4 is 16.0 Å². The highest BCUT2D eigenvalue weighted by Crippen LogP contribution is 2.33. The lowest BCUT2D eigenvalue weighted by Crippen LogP contribution is -2.52. The fraction of sp³-hybridized carbons (Fsp3) is 0.450. The van der Waals surface area contributed by atoms with Gasteiger partial charge in [-0.15, -0.1) is 0 Å². The topological polar surface area (TPSA) is 142 Å². The Kier molecular flexibility index (Phi) is 6.69. The van der Waals surface area contributed by atoms with Gasteiger partial charge in [-0.3, -0.25) is 4.79 Å². The molecule has 1 aliphatic rings. The zero-order valence-electron chi connectivity index (χ0n) is 17.1. The molecule has 0 bridgehead atoms. The first kappa shape index (κ1) is 22.1. The summed E-state index contributed by atoms with van der Waals surface area (Å²) in [4.78, 5) is 19.3. The van der Waals surface area contributed by atoms with Crippen LogP contribution in [0, 0.1) is 11.3 Å². The molecule has 0 amide bonds. The molecule has 0 radical (unpaired) electrons. The third-order valence-corrected chi connectivity index (χ3v) is 6.78. The number of aromatic nitrogens is 2. The maximum Gasteiger partial charge on any atom is 0.251 e. The van der Waals surface area contributed by atoms with Crippen molar-refractivity contribution < 1.29 is 13.2 Å². The van der Waals surface area contributed by atoms with Crippen LogP contribution in [-0.2, 0) is 10.0 Å². The number of rotatable bonds is 9. The van der Waals surface area contributed by atoms with Crippen molar-refractivity contribution in [1.29, 1.82) is 5.41 Å². The second-order valence-electron chi connectivity index (χ2n) is 7.22. The summed E-state index contributed by atoms with van der Waals surface area (Å²) in [6, 6.07) is 5.79. The minimum absolute atomic E-state index is 0.0908. The fourth-order valence-electron chi connectivity index (χ4n) is 3.27. The van der Waals surface area contributed by atoms with Gasteiger partial charge in [-0.05, 0) is 44.0 Å². The van der Waals surface area contributed by atoms with Crippen LogP contribution in [0.25, 0.3) is 11.4 Å². The van der Waals surface area contributed by atoms with Crippen molar-refractivity contribution >= 4 is 15.7 Å². The van der Waals surface area contributed by atoms with Crippen LogP contribution in [0.15, 0.2) is 34.0 Å². The molecule has 1 aromatic carbocycles. The molecule has 162 valence electrons. The summed E-state index contributed by atoms with van der Waals surface area (Å²) in [6.45, 7) is 5.33. The Balaban J connectivity index is 2.07. The van der Waals surface area contributed by atoms with Crippen LogP contribution in [0.3, 0.4) is 0 Å². The van der Waals surface area contributed by atoms with Gasteiger partial charge >= 0.3 is 0 Å². The molecule has 4 N–H and O–H groups in total. The van der Waals surface area contributed by atoms with Crippen LogP contribution in [0.1, 0.15) is 32.4 Å². The van der Waals surface area contributed by atoms with Gasteiger partial charge < -0.3 is 20.9 Å². The van der Waals surface area contributed by atoms with Crippen LogP contribution in [-0.4, -0.2) is 54.6 Å². The van der Waals surface area contributed by atoms with Crippen LogP contribution >= 0.6 is 0 Å². The number of benzene rings is 1. The van der Waals surface area contributed by atoms with Gasteiger partial charge in [-0.2, -0.15) is 4.31 Å². The minimum atomic E-state index is -3.69. The number of aromatic amines is 1. The highest BCUT2D eigenvalue weighted by atomic mass is 32.2. The fourth-order valence-corrected chi connectivity index (χ4v) is 4.89. The summed E-state index contributed by atoms with van der Waals surface area (Å²) in [6.07, 6.45) is 1.24. The molecule has 9 nitrogen and oxygen atoms in total. The van der Waals surface area contributed by atoms with Gasteiger partial charge in [0.2, 0.25) is 10.0 Å². The molecule has 2 heterocycles. The highest BCUT2D eigenvalue weighted by Gasteiger charge is 2.36. The molecule has 1 aromatic heterocycles. The summed E-state index contributed by atoms with van der Waals surface area (Å²) in [5.74, 6) is 0.741. The van der Waals surface area contributed by atoms with Crippen molar-refractivity contribution in [1.82, 2.24) is 14.3 Å². The van der Waals surface area contributed by atoms with Gasteiger partial charge in [-0.25, -0.2) is 13.4 Å². The lowest BCUT2D eigenvalue weighted by atomic mass is 10.0. The van der Waals surface area contributed by atoms with Crippen molar-refractivity contribution in [3.8, 4) is 17.1 Å². The molecule has 0 saturated carbocycles. The van der Waals surface area contributed by atoms with Gasteiger partial charge in [0.15, 0.2) is 0 Å². The number of nitrogens with two attached hydrogens (primary N) is 1. The van der Waals surface area contributed by atoms with Crippen molar-refractivity contribution in [3.63, 3.8) is 0 Å². The second-order valence-corrected chi connectivity index (χ2v) is 9.16. The summed E-state index contributed by atoms with van der Waals surface area (Å²) in [5.41, 5.74) is 6.06. The average molecular weight is 434 g/mol. The van der Waals surface area contributed by atoms with Crippen molar-refractivity contribution in [2.75, 3.05) is 26.2 Å². The Hall–Kier alpha value is -2.56. The molecule has 30 heavy (non-hydrogen) atoms. The average Bonchev–Trinajstić information content (AvgIpc) is 2.67. The number of H-pyrrole nitrogens is 1. The van der Waals surface area contributed by atoms with E-state index < -0.39 is 15.6 Å². The van der Waals surface area contributed by atoms with Gasteiger partial charge in [0.1, 0.15) is 11.6 Å². The van der Waals surface area contributed by atoms with E-state index in [4.69, 9.17) is 15.9 Å². The van der Waals surface area contributed by atoms with E-state index in [1.54, 1.807) is 6.07 Å². The van der Waals surface area contributed by atoms with Crippen molar-refractivity contribution in [3.05, 3.63) is 40.3 Å². The number of nitrogens with zero attached hydrogens (tertiary/aromatic N) is 2. The molecule has 1 fully saturated rings. The zero-order valence-corrected chi connectivity index (χ0v) is 18.0. The summed E-state index contributed by atoms with van der Waals surface area (Å²) < 4.78 is 33.0. The predicted octanol–water partition coefficient (Wildman–Crippen LogP) is 1.58. The van der Waals surface area contributed by atoms with E-state index in [1.807, 2.05) is 13.8 Å². The van der Waals surface area contributed by atoms with E-state index in [2.05, 4.69) is 9.97 Å². The molecule has 0 unspecified atom stereocenters. The Bertz CT molecular complexity index is 1090. The summed E-state index contributed by atoms with van der Waals surface area (Å²) in [5, 5.41) is 8.13. The third kappa shape index (κ3) is 4.45. The third-order valence-electron chi connectivity index (χ3n) is 4.95. The molecular weight excluding hydrogens is 406 g/mol. The number of hydrogen-bond donors (Lipinski definition) is 3. The smallest absolute Gasteiger partial charge is 0.251 e. The lowest BCUT2D eigenvalue weighted by Gasteiger charge is -2.37. The first-order chi connectivity index (χ1) is 14.3. The molecule has 2 aromatic rings. The van der Waals surface area contributed by atoms with Gasteiger partial charge in [0.05, 0.1) is 28.5 Å². The van der Waals surface area contributed by atoms with Crippen LogP contribution in [0.2, 0.25) is 0 Å². The number of hydrogen-bond acceptors (Lipinski definition) is 7. The molecule has 1 saturated heterocycles. The predicted molar refractivity (Wildman–Crippen MR) is 115 cm³/mol. The van der Waals surface area contributed by atoms with Crippen LogP contribution in [0.4, 0.5) is 0 Å². The van der Waals surface area contributed by atoms with E-state index in [0.29, 0.717) is 44.0 Å². The molecule has 10 heteroatoms. The molecule has 0 aliphatic carbocycles. The van der Waals surface area contributed by atoms with Gasteiger partial charge in [-0.1, -0.05) is 13.3 Å². The van der Waals surface area contributed by atoms with E-state index in [-0.39, 0.29) is 28.0 Å². The second kappa shape index (κ2) is 9.07. The first-order valence-corrected chi connectivity index (χ1v) is 11.4. The molecular formula is C20H27N5O4S. The normalized spacial score (nSPS) is 15.0. The van der Waals surface area contributed by atoms with E-state index >= 15 is 0 Å². The Morgan fingerprint density at radius 1 is 1.33 bits per heavy atom. The van der Waals surface area contributed by atoms with E-state index in [9.17, 15) is 13.2 Å². The molecule has 3 rings (SSSR count). The van der Waals surface area contributed by atoms with E-state index in [1.165, 1.54) is 22.5 Å². The van der Waals surface area contributed by atoms with E-state index in [0.717, 1.165) is 6.42 Å². The quantitative estimate of drug-likeness (QED) is 0.513. The van der Waals surface area contributed by atoms with Crippen LogP contribution in [0.5, 0.6) is 5.75 Å². The SMILES string of the molecule is CCCC(=N)c1cc(=O)[nH]c(-c2cc(S(=O)(=O)N3CC(CN)C3)ccc2OCC)n1. The van der Waals surface area contributed by atoms with Gasteiger partial charge in [0, 0.05) is 19.2 Å².